The van der Waals surface area contributed by atoms with Crippen LogP contribution in [0.4, 0.5) is 5.69 Å². The second-order valence-electron chi connectivity index (χ2n) is 6.12. The Morgan fingerprint density at radius 3 is 2.50 bits per heavy atom. The van der Waals surface area contributed by atoms with Crippen LogP contribution in [0.15, 0.2) is 65.7 Å². The molecule has 2 aromatic rings. The fraction of sp³-hybridized carbons (Fsp3) is 0.250. The summed E-state index contributed by atoms with van der Waals surface area (Å²) in [5, 5.41) is 14.1. The first-order valence-corrected chi connectivity index (χ1v) is 8.61. The van der Waals surface area contributed by atoms with Gasteiger partial charge in [0.2, 0.25) is 0 Å². The number of hydrogen-bond acceptors (Lipinski definition) is 3. The van der Waals surface area contributed by atoms with Crippen molar-refractivity contribution in [3.63, 3.8) is 0 Å². The molecule has 0 atom stereocenters. The fourth-order valence-electron chi connectivity index (χ4n) is 3.02. The maximum Gasteiger partial charge on any atom is 0.269 e. The number of aliphatic imine (C=N–C) groups is 1. The van der Waals surface area contributed by atoms with Crippen molar-refractivity contribution >= 4 is 17.2 Å². The highest BCUT2D eigenvalue weighted by Crippen LogP contribution is 2.22. The zero-order valence-corrected chi connectivity index (χ0v) is 14.8. The van der Waals surface area contributed by atoms with E-state index in [2.05, 4.69) is 45.6 Å². The minimum Gasteiger partial charge on any atom is -0.352 e. The molecule has 0 unspecified atom stereocenters. The van der Waals surface area contributed by atoms with Gasteiger partial charge in [-0.05, 0) is 23.1 Å². The molecule has 1 aliphatic heterocycles. The van der Waals surface area contributed by atoms with E-state index in [9.17, 15) is 10.1 Å². The third kappa shape index (κ3) is 4.27. The number of hydrogen-bond donors (Lipinski definition) is 1. The normalized spacial score (nSPS) is 14.7. The number of nitro groups is 1. The van der Waals surface area contributed by atoms with Crippen LogP contribution in [0.5, 0.6) is 0 Å². The minimum absolute atomic E-state index is 0.104. The van der Waals surface area contributed by atoms with Gasteiger partial charge in [-0.3, -0.25) is 15.1 Å². The van der Waals surface area contributed by atoms with Gasteiger partial charge in [0, 0.05) is 38.8 Å². The Bertz CT molecular complexity index is 813. The lowest BCUT2D eigenvalue weighted by Crippen LogP contribution is -2.43. The maximum atomic E-state index is 10.7. The van der Waals surface area contributed by atoms with Crippen molar-refractivity contribution in [3.05, 3.63) is 81.9 Å². The van der Waals surface area contributed by atoms with Crippen LogP contribution in [0.2, 0.25) is 0 Å². The molecule has 0 aromatic heterocycles. The first-order chi connectivity index (χ1) is 12.7. The lowest BCUT2D eigenvalue weighted by Gasteiger charge is -2.29. The zero-order chi connectivity index (χ0) is 18.4. The molecule has 26 heavy (non-hydrogen) atoms. The van der Waals surface area contributed by atoms with Crippen molar-refractivity contribution in [1.29, 1.82) is 0 Å². The van der Waals surface area contributed by atoms with Gasteiger partial charge >= 0.3 is 0 Å². The molecule has 0 spiro atoms. The second kappa shape index (κ2) is 8.29. The van der Waals surface area contributed by atoms with E-state index in [1.54, 1.807) is 19.2 Å². The molecule has 134 valence electrons. The average molecular weight is 350 g/mol. The molecule has 0 radical (unpaired) electrons. The second-order valence-corrected chi connectivity index (χ2v) is 6.12. The van der Waals surface area contributed by atoms with Crippen LogP contribution in [-0.2, 0) is 6.54 Å². The van der Waals surface area contributed by atoms with Gasteiger partial charge in [-0.1, -0.05) is 48.5 Å². The van der Waals surface area contributed by atoms with Gasteiger partial charge < -0.3 is 10.2 Å². The van der Waals surface area contributed by atoms with E-state index in [1.165, 1.54) is 23.3 Å². The molecular formula is C20H22N4O2. The van der Waals surface area contributed by atoms with Crippen molar-refractivity contribution < 1.29 is 4.92 Å². The highest BCUT2D eigenvalue weighted by Gasteiger charge is 2.16. The van der Waals surface area contributed by atoms with Crippen LogP contribution < -0.4 is 5.32 Å². The summed E-state index contributed by atoms with van der Waals surface area (Å²) in [4.78, 5) is 16.9. The molecule has 3 rings (SSSR count). The highest BCUT2D eigenvalue weighted by atomic mass is 16.6. The minimum atomic E-state index is -0.388. The van der Waals surface area contributed by atoms with Gasteiger partial charge in [-0.25, -0.2) is 0 Å². The molecule has 0 saturated heterocycles. The molecule has 0 amide bonds. The van der Waals surface area contributed by atoms with Crippen molar-refractivity contribution in [2.24, 2.45) is 4.99 Å². The molecule has 2 aromatic carbocycles. The summed E-state index contributed by atoms with van der Waals surface area (Å²) in [5.41, 5.74) is 3.73. The average Bonchev–Trinajstić information content (AvgIpc) is 2.70. The number of rotatable bonds is 4. The molecular weight excluding hydrogens is 328 g/mol. The smallest absolute Gasteiger partial charge is 0.269 e. The number of nitrogens with zero attached hydrogens (tertiary/aromatic N) is 3. The quantitative estimate of drug-likeness (QED) is 0.397. The van der Waals surface area contributed by atoms with Crippen molar-refractivity contribution in [1.82, 2.24) is 10.2 Å². The summed E-state index contributed by atoms with van der Waals surface area (Å²) in [7, 11) is 1.77. The molecule has 1 N–H and O–H groups in total. The van der Waals surface area contributed by atoms with Crippen LogP contribution >= 0.6 is 0 Å². The van der Waals surface area contributed by atoms with Gasteiger partial charge in [-0.2, -0.15) is 0 Å². The van der Waals surface area contributed by atoms with Gasteiger partial charge in [0.05, 0.1) is 4.92 Å². The Kier molecular flexibility index (Phi) is 5.63. The molecule has 1 aliphatic rings. The molecule has 0 aliphatic carbocycles. The van der Waals surface area contributed by atoms with E-state index in [0.717, 1.165) is 31.0 Å². The van der Waals surface area contributed by atoms with Gasteiger partial charge in [0.15, 0.2) is 5.96 Å². The molecule has 0 bridgehead atoms. The first-order valence-electron chi connectivity index (χ1n) is 8.61. The Morgan fingerprint density at radius 1 is 1.19 bits per heavy atom. The summed E-state index contributed by atoms with van der Waals surface area (Å²) in [5.74, 6) is 0.840. The Labute approximate surface area is 153 Å². The van der Waals surface area contributed by atoms with Crippen molar-refractivity contribution in [2.45, 2.75) is 13.0 Å². The predicted molar refractivity (Wildman–Crippen MR) is 104 cm³/mol. The van der Waals surface area contributed by atoms with Crippen LogP contribution in [0.25, 0.3) is 5.57 Å². The summed E-state index contributed by atoms with van der Waals surface area (Å²) in [6.45, 7) is 2.29. The van der Waals surface area contributed by atoms with Gasteiger partial charge in [0.25, 0.3) is 5.69 Å². The molecule has 0 fully saturated rings. The van der Waals surface area contributed by atoms with Crippen LogP contribution in [0, 0.1) is 10.1 Å². The summed E-state index contributed by atoms with van der Waals surface area (Å²) in [6.07, 6.45) is 3.22. The number of nitrogens with one attached hydrogen (secondary N) is 1. The van der Waals surface area contributed by atoms with E-state index >= 15 is 0 Å². The molecule has 0 saturated carbocycles. The Hall–Kier alpha value is -3.15. The third-order valence-corrected chi connectivity index (χ3v) is 4.46. The third-order valence-electron chi connectivity index (χ3n) is 4.46. The Morgan fingerprint density at radius 2 is 1.92 bits per heavy atom. The standard InChI is InChI=1S/C20H22N4O2/c1-21-20(22-15-16-7-9-19(10-8-16)24(25)26)23-13-11-18(12-14-23)17-5-3-2-4-6-17/h2-11H,12-15H2,1H3,(H,21,22). The summed E-state index contributed by atoms with van der Waals surface area (Å²) >= 11 is 0. The van der Waals surface area contributed by atoms with E-state index in [4.69, 9.17) is 0 Å². The number of non-ortho nitro benzene ring substituents is 1. The van der Waals surface area contributed by atoms with Crippen molar-refractivity contribution in [3.8, 4) is 0 Å². The Balaban J connectivity index is 1.58. The van der Waals surface area contributed by atoms with Crippen LogP contribution in [0.3, 0.4) is 0 Å². The molecule has 6 nitrogen and oxygen atoms in total. The maximum absolute atomic E-state index is 10.7. The van der Waals surface area contributed by atoms with E-state index in [1.807, 2.05) is 6.07 Å². The van der Waals surface area contributed by atoms with Gasteiger partial charge in [0.1, 0.15) is 0 Å². The van der Waals surface area contributed by atoms with Crippen molar-refractivity contribution in [2.75, 3.05) is 20.1 Å². The van der Waals surface area contributed by atoms with E-state index in [0.29, 0.717) is 6.54 Å². The monoisotopic (exact) mass is 350 g/mol. The lowest BCUT2D eigenvalue weighted by molar-refractivity contribution is -0.384. The van der Waals surface area contributed by atoms with Gasteiger partial charge in [-0.15, -0.1) is 0 Å². The number of guanidine groups is 1. The van der Waals surface area contributed by atoms with Crippen LogP contribution in [-0.4, -0.2) is 35.9 Å². The first kappa shape index (κ1) is 17.7. The zero-order valence-electron chi connectivity index (χ0n) is 14.8. The van der Waals surface area contributed by atoms with E-state index in [-0.39, 0.29) is 10.6 Å². The van der Waals surface area contributed by atoms with E-state index < -0.39 is 0 Å². The number of benzene rings is 2. The highest BCUT2D eigenvalue weighted by molar-refractivity contribution is 5.81. The summed E-state index contributed by atoms with van der Waals surface area (Å²) in [6, 6.07) is 17.0. The fourth-order valence-corrected chi connectivity index (χ4v) is 3.02. The largest absolute Gasteiger partial charge is 0.352 e. The summed E-state index contributed by atoms with van der Waals surface area (Å²) < 4.78 is 0. The number of nitro benzene ring substituents is 1. The van der Waals surface area contributed by atoms with Crippen LogP contribution in [0.1, 0.15) is 17.5 Å². The topological polar surface area (TPSA) is 70.8 Å². The molecule has 1 heterocycles. The molecule has 6 heteroatoms. The predicted octanol–water partition coefficient (Wildman–Crippen LogP) is 3.46. The lowest BCUT2D eigenvalue weighted by atomic mass is 10.00. The SMILES string of the molecule is CN=C(NCc1ccc([N+](=O)[O-])cc1)N1CC=C(c2ccccc2)CC1.